The Morgan fingerprint density at radius 3 is 2.59 bits per heavy atom. The molecule has 3 heterocycles. The van der Waals surface area contributed by atoms with Gasteiger partial charge in [-0.2, -0.15) is 4.98 Å². The molecule has 178 valence electrons. The van der Waals surface area contributed by atoms with Crippen LogP contribution in [0.1, 0.15) is 55.5 Å². The molecule has 3 aromatic rings. The van der Waals surface area contributed by atoms with Crippen molar-refractivity contribution in [2.75, 3.05) is 13.2 Å². The minimum atomic E-state index is -0.504. The van der Waals surface area contributed by atoms with Gasteiger partial charge in [0.15, 0.2) is 5.69 Å². The zero-order valence-corrected chi connectivity index (χ0v) is 20.5. The van der Waals surface area contributed by atoms with E-state index >= 15 is 0 Å². The highest BCUT2D eigenvalue weighted by atomic mass is 35.5. The first-order valence-electron chi connectivity index (χ1n) is 11.7. The molecule has 0 spiro atoms. The molecular formula is C26H29ClN4O3. The number of benzene rings is 1. The van der Waals surface area contributed by atoms with Gasteiger partial charge in [0, 0.05) is 43.0 Å². The lowest BCUT2D eigenvalue weighted by Gasteiger charge is -2.34. The Morgan fingerprint density at radius 1 is 1.12 bits per heavy atom. The molecule has 4 rings (SSSR count). The summed E-state index contributed by atoms with van der Waals surface area (Å²) in [6, 6.07) is 9.51. The van der Waals surface area contributed by atoms with E-state index in [-0.39, 0.29) is 17.7 Å². The number of aromatic nitrogens is 3. The Bertz CT molecular complexity index is 1240. The van der Waals surface area contributed by atoms with Gasteiger partial charge < -0.3 is 14.2 Å². The highest BCUT2D eigenvalue weighted by Gasteiger charge is 2.33. The molecule has 0 fully saturated rings. The molecule has 0 radical (unpaired) electrons. The summed E-state index contributed by atoms with van der Waals surface area (Å²) in [6.07, 6.45) is 5.55. The number of rotatable bonds is 8. The standard InChI is InChI=1S/C26H29ClN4O3/c1-4-5-14-34-24-23-26(33)30(17(2)3)12-13-31(23)22(29-25(24)32)15-19-6-7-20(27)16-21(19)18-8-10-28-11-9-18/h6-11,16-17H,4-5,12-15H2,1-3H3. The second-order valence-electron chi connectivity index (χ2n) is 8.67. The molecule has 8 heteroatoms. The molecule has 0 saturated carbocycles. The van der Waals surface area contributed by atoms with Gasteiger partial charge in [-0.15, -0.1) is 0 Å². The lowest BCUT2D eigenvalue weighted by molar-refractivity contribution is 0.0635. The van der Waals surface area contributed by atoms with E-state index in [1.165, 1.54) is 0 Å². The van der Waals surface area contributed by atoms with Gasteiger partial charge in [-0.25, -0.2) is 0 Å². The van der Waals surface area contributed by atoms with Gasteiger partial charge in [0.2, 0.25) is 5.75 Å². The first-order valence-corrected chi connectivity index (χ1v) is 12.0. The predicted octanol–water partition coefficient (Wildman–Crippen LogP) is 4.59. The fourth-order valence-electron chi connectivity index (χ4n) is 4.23. The summed E-state index contributed by atoms with van der Waals surface area (Å²) in [6.45, 7) is 7.46. The third kappa shape index (κ3) is 4.85. The summed E-state index contributed by atoms with van der Waals surface area (Å²) < 4.78 is 7.68. The number of hydrogen-bond acceptors (Lipinski definition) is 5. The molecule has 0 saturated heterocycles. The molecular weight excluding hydrogens is 452 g/mol. The summed E-state index contributed by atoms with van der Waals surface area (Å²) in [7, 11) is 0. The summed E-state index contributed by atoms with van der Waals surface area (Å²) in [5, 5.41) is 0.616. The van der Waals surface area contributed by atoms with E-state index in [0.29, 0.717) is 42.7 Å². The number of halogens is 1. The van der Waals surface area contributed by atoms with Crippen LogP contribution in [0.25, 0.3) is 11.1 Å². The van der Waals surface area contributed by atoms with Gasteiger partial charge in [-0.05, 0) is 61.2 Å². The van der Waals surface area contributed by atoms with Crippen molar-refractivity contribution in [2.24, 2.45) is 0 Å². The van der Waals surface area contributed by atoms with Gasteiger partial charge >= 0.3 is 5.56 Å². The fourth-order valence-corrected chi connectivity index (χ4v) is 4.40. The van der Waals surface area contributed by atoms with Crippen LogP contribution < -0.4 is 10.3 Å². The monoisotopic (exact) mass is 480 g/mol. The van der Waals surface area contributed by atoms with E-state index in [1.54, 1.807) is 17.3 Å². The largest absolute Gasteiger partial charge is 0.486 e. The van der Waals surface area contributed by atoms with E-state index in [9.17, 15) is 9.59 Å². The van der Waals surface area contributed by atoms with Crippen LogP contribution in [0.3, 0.4) is 0 Å². The molecule has 0 N–H and O–H groups in total. The Labute approximate surface area is 204 Å². The van der Waals surface area contributed by atoms with Crippen molar-refractivity contribution in [3.63, 3.8) is 0 Å². The van der Waals surface area contributed by atoms with E-state index < -0.39 is 5.56 Å². The molecule has 0 unspecified atom stereocenters. The number of ether oxygens (including phenoxy) is 1. The first-order chi connectivity index (χ1) is 16.4. The molecule has 2 aromatic heterocycles. The number of unbranched alkanes of at least 4 members (excludes halogenated alkanes) is 1. The van der Waals surface area contributed by atoms with Crippen molar-refractivity contribution in [1.82, 2.24) is 19.4 Å². The van der Waals surface area contributed by atoms with E-state index in [1.807, 2.05) is 55.7 Å². The van der Waals surface area contributed by atoms with Crippen LogP contribution in [-0.4, -0.2) is 44.5 Å². The maximum atomic E-state index is 13.4. The van der Waals surface area contributed by atoms with Gasteiger partial charge in [0.05, 0.1) is 6.61 Å². The summed E-state index contributed by atoms with van der Waals surface area (Å²) >= 11 is 6.30. The topological polar surface area (TPSA) is 77.3 Å². The maximum Gasteiger partial charge on any atom is 0.316 e. The van der Waals surface area contributed by atoms with Crippen molar-refractivity contribution in [2.45, 2.75) is 52.6 Å². The van der Waals surface area contributed by atoms with Crippen LogP contribution in [-0.2, 0) is 13.0 Å². The van der Waals surface area contributed by atoms with E-state index in [4.69, 9.17) is 16.3 Å². The molecule has 34 heavy (non-hydrogen) atoms. The van der Waals surface area contributed by atoms with Crippen LogP contribution in [0, 0.1) is 0 Å². The van der Waals surface area contributed by atoms with Crippen molar-refractivity contribution >= 4 is 17.5 Å². The molecule has 0 aliphatic carbocycles. The zero-order valence-electron chi connectivity index (χ0n) is 19.8. The molecule has 1 aliphatic rings. The Kier molecular flexibility index (Phi) is 7.32. The molecule has 0 bridgehead atoms. The highest BCUT2D eigenvalue weighted by Crippen LogP contribution is 2.30. The maximum absolute atomic E-state index is 13.4. The number of amides is 1. The number of nitrogens with zero attached hydrogens (tertiary/aromatic N) is 4. The highest BCUT2D eigenvalue weighted by molar-refractivity contribution is 6.30. The van der Waals surface area contributed by atoms with Crippen LogP contribution in [0.15, 0.2) is 47.5 Å². The SMILES string of the molecule is CCCCOc1c2n(c(Cc3ccc(Cl)cc3-c3ccncc3)nc1=O)CCN(C(C)C)C2=O. The second kappa shape index (κ2) is 10.4. The number of carbonyl (C=O) groups is 1. The lowest BCUT2D eigenvalue weighted by atomic mass is 9.98. The number of fused-ring (bicyclic) bond motifs is 1. The average molecular weight is 481 g/mol. The van der Waals surface area contributed by atoms with E-state index in [2.05, 4.69) is 9.97 Å². The first kappa shape index (κ1) is 24.0. The van der Waals surface area contributed by atoms with Gasteiger partial charge in [-0.1, -0.05) is 31.0 Å². The number of carbonyl (C=O) groups excluding carboxylic acids is 1. The average Bonchev–Trinajstić information content (AvgIpc) is 2.82. The van der Waals surface area contributed by atoms with Crippen molar-refractivity contribution in [3.8, 4) is 16.9 Å². The fraction of sp³-hybridized carbons (Fsp3) is 0.385. The van der Waals surface area contributed by atoms with Crippen molar-refractivity contribution < 1.29 is 9.53 Å². The van der Waals surface area contributed by atoms with E-state index in [0.717, 1.165) is 29.5 Å². The Morgan fingerprint density at radius 2 is 1.88 bits per heavy atom. The molecule has 1 aromatic carbocycles. The quantitative estimate of drug-likeness (QED) is 0.440. The van der Waals surface area contributed by atoms with Crippen molar-refractivity contribution in [3.05, 3.63) is 75.2 Å². The van der Waals surface area contributed by atoms with Crippen LogP contribution in [0.5, 0.6) is 5.75 Å². The minimum Gasteiger partial charge on any atom is -0.486 e. The predicted molar refractivity (Wildman–Crippen MR) is 133 cm³/mol. The summed E-state index contributed by atoms with van der Waals surface area (Å²) in [5.41, 5.74) is 2.65. The molecule has 0 atom stereocenters. The zero-order chi connectivity index (χ0) is 24.2. The molecule has 1 aliphatic heterocycles. The van der Waals surface area contributed by atoms with Crippen molar-refractivity contribution in [1.29, 1.82) is 0 Å². The third-order valence-electron chi connectivity index (χ3n) is 6.03. The second-order valence-corrected chi connectivity index (χ2v) is 9.11. The molecule has 1 amide bonds. The third-order valence-corrected chi connectivity index (χ3v) is 6.26. The minimum absolute atomic E-state index is 0.0195. The number of pyridine rings is 1. The van der Waals surface area contributed by atoms with Crippen LogP contribution in [0.2, 0.25) is 5.02 Å². The normalized spacial score (nSPS) is 13.3. The summed E-state index contributed by atoms with van der Waals surface area (Å²) in [4.78, 5) is 36.8. The lowest BCUT2D eigenvalue weighted by Crippen LogP contribution is -2.46. The van der Waals surface area contributed by atoms with Gasteiger partial charge in [0.25, 0.3) is 5.91 Å². The van der Waals surface area contributed by atoms with Crippen LogP contribution in [0.4, 0.5) is 0 Å². The number of hydrogen-bond donors (Lipinski definition) is 0. The van der Waals surface area contributed by atoms with Crippen LogP contribution >= 0.6 is 11.6 Å². The summed E-state index contributed by atoms with van der Waals surface area (Å²) in [5.74, 6) is 0.397. The molecule has 7 nitrogen and oxygen atoms in total. The Hall–Kier alpha value is -3.19. The smallest absolute Gasteiger partial charge is 0.316 e. The van der Waals surface area contributed by atoms with Gasteiger partial charge in [0.1, 0.15) is 5.82 Å². The van der Waals surface area contributed by atoms with Gasteiger partial charge in [-0.3, -0.25) is 14.6 Å². The Balaban J connectivity index is 1.81.